The first-order valence-corrected chi connectivity index (χ1v) is 9.85. The Bertz CT molecular complexity index is 1080. The van der Waals surface area contributed by atoms with Gasteiger partial charge in [0.1, 0.15) is 5.75 Å². The van der Waals surface area contributed by atoms with E-state index in [0.717, 1.165) is 38.1 Å². The molecule has 0 unspecified atom stereocenters. The zero-order valence-electron chi connectivity index (χ0n) is 15.3. The summed E-state index contributed by atoms with van der Waals surface area (Å²) in [7, 11) is 1.64. The number of halogens is 2. The molecule has 3 heterocycles. The van der Waals surface area contributed by atoms with Gasteiger partial charge in [-0.2, -0.15) is 0 Å². The van der Waals surface area contributed by atoms with E-state index >= 15 is 0 Å². The number of ether oxygens (including phenoxy) is 1. The summed E-state index contributed by atoms with van der Waals surface area (Å²) in [5.41, 5.74) is 4.11. The van der Waals surface area contributed by atoms with E-state index in [0.29, 0.717) is 30.2 Å². The molecule has 7 heteroatoms. The van der Waals surface area contributed by atoms with Gasteiger partial charge in [0.05, 0.1) is 29.8 Å². The topological polar surface area (TPSA) is 47.4 Å². The molecule has 0 saturated carbocycles. The van der Waals surface area contributed by atoms with Gasteiger partial charge in [0, 0.05) is 52.2 Å². The Labute approximate surface area is 171 Å². The van der Waals surface area contributed by atoms with Crippen LogP contribution in [-0.4, -0.2) is 34.0 Å². The molecule has 0 fully saturated rings. The second-order valence-electron chi connectivity index (χ2n) is 6.75. The van der Waals surface area contributed by atoms with Crippen LogP contribution in [0.2, 0.25) is 5.02 Å². The maximum Gasteiger partial charge on any atom is 0.257 e. The average molecular weight is 449 g/mol. The van der Waals surface area contributed by atoms with Crippen molar-refractivity contribution >= 4 is 44.3 Å². The van der Waals surface area contributed by atoms with Gasteiger partial charge >= 0.3 is 0 Å². The monoisotopic (exact) mass is 447 g/mol. The van der Waals surface area contributed by atoms with E-state index in [9.17, 15) is 4.79 Å². The summed E-state index contributed by atoms with van der Waals surface area (Å²) in [5, 5.41) is 1.45. The number of rotatable bonds is 3. The number of hydrogen-bond donors (Lipinski definition) is 0. The highest BCUT2D eigenvalue weighted by atomic mass is 79.9. The van der Waals surface area contributed by atoms with Crippen LogP contribution < -0.4 is 4.74 Å². The van der Waals surface area contributed by atoms with Crippen LogP contribution in [0.1, 0.15) is 27.3 Å². The predicted octanol–water partition coefficient (Wildman–Crippen LogP) is 4.73. The van der Waals surface area contributed by atoms with Crippen molar-refractivity contribution < 1.29 is 9.53 Å². The van der Waals surface area contributed by atoms with Gasteiger partial charge in [-0.25, -0.2) is 0 Å². The third-order valence-electron chi connectivity index (χ3n) is 5.04. The molecule has 0 atom stereocenters. The Morgan fingerprint density at radius 1 is 1.30 bits per heavy atom. The third kappa shape index (κ3) is 3.01. The molecule has 0 saturated heterocycles. The number of pyridine rings is 1. The smallest absolute Gasteiger partial charge is 0.257 e. The number of amides is 1. The fourth-order valence-electron chi connectivity index (χ4n) is 3.72. The van der Waals surface area contributed by atoms with E-state index in [1.807, 2.05) is 43.1 Å². The third-order valence-corrected chi connectivity index (χ3v) is 6.29. The number of aromatic nitrogens is 2. The van der Waals surface area contributed by atoms with Crippen LogP contribution in [0.5, 0.6) is 5.75 Å². The number of carbonyl (C=O) groups excluding carboxylic acids is 1. The van der Waals surface area contributed by atoms with Crippen LogP contribution >= 0.6 is 27.5 Å². The van der Waals surface area contributed by atoms with Crippen LogP contribution in [0, 0.1) is 13.8 Å². The molecule has 0 N–H and O–H groups in total. The molecular weight excluding hydrogens is 430 g/mol. The summed E-state index contributed by atoms with van der Waals surface area (Å²) >= 11 is 10.0. The Kier molecular flexibility index (Phi) is 4.64. The number of benzene rings is 1. The highest BCUT2D eigenvalue weighted by molar-refractivity contribution is 9.10. The highest BCUT2D eigenvalue weighted by Crippen LogP contribution is 2.36. The molecule has 1 amide bonds. The number of methoxy groups -OCH3 is 1. The second kappa shape index (κ2) is 6.84. The van der Waals surface area contributed by atoms with Gasteiger partial charge < -0.3 is 14.2 Å². The van der Waals surface area contributed by atoms with Crippen LogP contribution in [0.3, 0.4) is 0 Å². The van der Waals surface area contributed by atoms with Gasteiger partial charge in [-0.15, -0.1) is 0 Å². The Morgan fingerprint density at radius 3 is 2.81 bits per heavy atom. The standard InChI is InChI=1S/C20H19BrClN3O2/c1-11-8-16(27-3)14(12(2)23-11)10-25-7-6-24-5-4-13-9-15(21)18(22)17(19(13)24)20(25)26/h4-5,8-9H,6-7,10H2,1-3H3. The Morgan fingerprint density at radius 2 is 2.07 bits per heavy atom. The van der Waals surface area contributed by atoms with Gasteiger partial charge in [0.2, 0.25) is 0 Å². The number of nitrogens with zero attached hydrogens (tertiary/aromatic N) is 3. The predicted molar refractivity (Wildman–Crippen MR) is 110 cm³/mol. The van der Waals surface area contributed by atoms with E-state index < -0.39 is 0 Å². The average Bonchev–Trinajstić information content (AvgIpc) is 2.96. The van der Waals surface area contributed by atoms with E-state index in [1.165, 1.54) is 0 Å². The quantitative estimate of drug-likeness (QED) is 0.582. The van der Waals surface area contributed by atoms with E-state index in [1.54, 1.807) is 7.11 Å². The van der Waals surface area contributed by atoms with Crippen LogP contribution in [0.25, 0.3) is 10.9 Å². The van der Waals surface area contributed by atoms with Crippen molar-refractivity contribution in [3.05, 3.63) is 56.4 Å². The molecule has 1 aliphatic rings. The van der Waals surface area contributed by atoms with Gasteiger partial charge in [-0.1, -0.05) is 11.6 Å². The van der Waals surface area contributed by atoms with Gasteiger partial charge in [-0.3, -0.25) is 9.78 Å². The summed E-state index contributed by atoms with van der Waals surface area (Å²) in [6, 6.07) is 5.87. The first kappa shape index (κ1) is 18.3. The first-order chi connectivity index (χ1) is 12.9. The summed E-state index contributed by atoms with van der Waals surface area (Å²) in [6.45, 7) is 5.60. The molecule has 1 aromatic carbocycles. The fourth-order valence-corrected chi connectivity index (χ4v) is 4.39. The van der Waals surface area contributed by atoms with E-state index in [2.05, 4.69) is 25.5 Å². The molecule has 4 rings (SSSR count). The minimum absolute atomic E-state index is 0.0780. The van der Waals surface area contributed by atoms with Crippen LogP contribution in [-0.2, 0) is 13.1 Å². The Hall–Kier alpha value is -2.05. The minimum atomic E-state index is -0.0780. The van der Waals surface area contributed by atoms with Gasteiger partial charge in [-0.05, 0) is 41.9 Å². The van der Waals surface area contributed by atoms with Gasteiger partial charge in [0.25, 0.3) is 5.91 Å². The normalized spacial score (nSPS) is 14.0. The molecule has 0 spiro atoms. The van der Waals surface area contributed by atoms with Crippen molar-refractivity contribution in [2.24, 2.45) is 0 Å². The molecule has 27 heavy (non-hydrogen) atoms. The summed E-state index contributed by atoms with van der Waals surface area (Å²) in [4.78, 5) is 19.8. The molecule has 0 aliphatic carbocycles. The van der Waals surface area contributed by atoms with E-state index in [-0.39, 0.29) is 5.91 Å². The van der Waals surface area contributed by atoms with Crippen LogP contribution in [0.4, 0.5) is 0 Å². The largest absolute Gasteiger partial charge is 0.496 e. The zero-order chi connectivity index (χ0) is 19.3. The lowest BCUT2D eigenvalue weighted by molar-refractivity contribution is 0.0744. The molecule has 0 radical (unpaired) electrons. The molecule has 3 aromatic rings. The lowest BCUT2D eigenvalue weighted by atomic mass is 10.1. The maximum absolute atomic E-state index is 13.4. The number of carbonyl (C=O) groups is 1. The Balaban J connectivity index is 1.80. The van der Waals surface area contributed by atoms with Crippen molar-refractivity contribution in [3.8, 4) is 5.75 Å². The van der Waals surface area contributed by atoms with Gasteiger partial charge in [0.15, 0.2) is 0 Å². The van der Waals surface area contributed by atoms with E-state index in [4.69, 9.17) is 16.3 Å². The number of hydrogen-bond acceptors (Lipinski definition) is 3. The molecule has 5 nitrogen and oxygen atoms in total. The second-order valence-corrected chi connectivity index (χ2v) is 7.98. The van der Waals surface area contributed by atoms with Crippen LogP contribution in [0.15, 0.2) is 28.9 Å². The molecule has 140 valence electrons. The molecule has 2 aromatic heterocycles. The summed E-state index contributed by atoms with van der Waals surface area (Å²) in [5.74, 6) is 0.674. The van der Waals surface area contributed by atoms with Crippen molar-refractivity contribution in [1.29, 1.82) is 0 Å². The van der Waals surface area contributed by atoms with Crippen molar-refractivity contribution in [1.82, 2.24) is 14.5 Å². The first-order valence-electron chi connectivity index (χ1n) is 8.68. The molecule has 1 aliphatic heterocycles. The van der Waals surface area contributed by atoms with Crippen molar-refractivity contribution in [3.63, 3.8) is 0 Å². The molecular formula is C20H19BrClN3O2. The highest BCUT2D eigenvalue weighted by Gasteiger charge is 2.28. The lowest BCUT2D eigenvalue weighted by Gasteiger charge is -2.23. The number of aryl methyl sites for hydroxylation is 2. The summed E-state index contributed by atoms with van der Waals surface area (Å²) < 4.78 is 8.37. The van der Waals surface area contributed by atoms with Crippen molar-refractivity contribution in [2.75, 3.05) is 13.7 Å². The fraction of sp³-hybridized carbons (Fsp3) is 0.300. The zero-order valence-corrected chi connectivity index (χ0v) is 17.7. The molecule has 0 bridgehead atoms. The SMILES string of the molecule is COc1cc(C)nc(C)c1CN1CCn2ccc3cc(Br)c(Cl)c(c32)C1=O. The lowest BCUT2D eigenvalue weighted by Crippen LogP contribution is -2.32. The van der Waals surface area contributed by atoms with Crippen molar-refractivity contribution in [2.45, 2.75) is 26.9 Å². The minimum Gasteiger partial charge on any atom is -0.496 e. The maximum atomic E-state index is 13.4. The summed E-state index contributed by atoms with van der Waals surface area (Å²) in [6.07, 6.45) is 2.01.